The van der Waals surface area contributed by atoms with Gasteiger partial charge < -0.3 is 15.2 Å². The Kier molecular flexibility index (Phi) is 7.40. The largest absolute Gasteiger partial charge is 0.480 e. The molecule has 1 amide bonds. The number of nitrogens with one attached hydrogen (secondary N) is 2. The maximum absolute atomic E-state index is 12.2. The van der Waals surface area contributed by atoms with Gasteiger partial charge in [-0.15, -0.1) is 0 Å². The van der Waals surface area contributed by atoms with Crippen molar-refractivity contribution in [3.63, 3.8) is 0 Å². The molecule has 25 heavy (non-hydrogen) atoms. The van der Waals surface area contributed by atoms with Crippen LogP contribution in [0.25, 0.3) is 0 Å². The molecule has 6 heteroatoms. The molecule has 2 rings (SSSR count). The van der Waals surface area contributed by atoms with Crippen molar-refractivity contribution in [3.8, 4) is 0 Å². The first-order valence-electron chi connectivity index (χ1n) is 8.93. The van der Waals surface area contributed by atoms with Crippen molar-refractivity contribution >= 4 is 11.9 Å². The normalized spacial score (nSPS) is 17.6. The first kappa shape index (κ1) is 19.4. The molecule has 0 spiro atoms. The number of benzene rings is 1. The van der Waals surface area contributed by atoms with E-state index in [1.165, 1.54) is 5.56 Å². The number of rotatable bonds is 9. The molecule has 1 atom stereocenters. The van der Waals surface area contributed by atoms with E-state index in [4.69, 9.17) is 9.84 Å². The minimum Gasteiger partial charge on any atom is -0.480 e. The predicted octanol–water partition coefficient (Wildman–Crippen LogP) is 1.69. The molecule has 1 unspecified atom stereocenters. The van der Waals surface area contributed by atoms with Crippen molar-refractivity contribution in [2.45, 2.75) is 44.1 Å². The molecule has 1 aromatic carbocycles. The summed E-state index contributed by atoms with van der Waals surface area (Å²) >= 11 is 0. The van der Waals surface area contributed by atoms with Crippen molar-refractivity contribution in [2.24, 2.45) is 0 Å². The quantitative estimate of drug-likeness (QED) is 0.632. The van der Waals surface area contributed by atoms with Gasteiger partial charge in [0, 0.05) is 25.2 Å². The van der Waals surface area contributed by atoms with Gasteiger partial charge in [0.2, 0.25) is 5.91 Å². The van der Waals surface area contributed by atoms with Gasteiger partial charge in [-0.05, 0) is 24.8 Å². The lowest BCUT2D eigenvalue weighted by Crippen LogP contribution is -2.48. The number of carbonyl (C=O) groups is 2. The summed E-state index contributed by atoms with van der Waals surface area (Å²) < 4.78 is 5.49. The fourth-order valence-corrected chi connectivity index (χ4v) is 3.27. The Morgan fingerprint density at radius 2 is 1.92 bits per heavy atom. The number of carbonyl (C=O) groups excluding carboxylic acids is 1. The molecule has 1 aliphatic rings. The second-order valence-electron chi connectivity index (χ2n) is 6.60. The Labute approximate surface area is 149 Å². The lowest BCUT2D eigenvalue weighted by atomic mass is 9.74. The van der Waals surface area contributed by atoms with E-state index in [0.29, 0.717) is 26.2 Å². The average molecular weight is 348 g/mol. The van der Waals surface area contributed by atoms with Crippen molar-refractivity contribution in [1.29, 1.82) is 0 Å². The van der Waals surface area contributed by atoms with E-state index in [2.05, 4.69) is 22.8 Å². The minimum absolute atomic E-state index is 0.0122. The molecule has 0 aliphatic carbocycles. The fourth-order valence-electron chi connectivity index (χ4n) is 3.27. The summed E-state index contributed by atoms with van der Waals surface area (Å²) in [7, 11) is 0. The highest BCUT2D eigenvalue weighted by molar-refractivity contribution is 5.80. The highest BCUT2D eigenvalue weighted by Crippen LogP contribution is 2.34. The van der Waals surface area contributed by atoms with Crippen LogP contribution in [0, 0.1) is 0 Å². The monoisotopic (exact) mass is 348 g/mol. The summed E-state index contributed by atoms with van der Waals surface area (Å²) in [6, 6.07) is 9.52. The third-order valence-corrected chi connectivity index (χ3v) is 4.84. The maximum atomic E-state index is 12.2. The van der Waals surface area contributed by atoms with Gasteiger partial charge in [-0.25, -0.2) is 0 Å². The van der Waals surface area contributed by atoms with Crippen LogP contribution in [-0.4, -0.2) is 49.3 Å². The Balaban J connectivity index is 1.92. The summed E-state index contributed by atoms with van der Waals surface area (Å²) in [5.41, 5.74) is 1.09. The second kappa shape index (κ2) is 9.53. The molecular weight excluding hydrogens is 320 g/mol. The summed E-state index contributed by atoms with van der Waals surface area (Å²) in [6.45, 7) is 3.83. The molecule has 6 nitrogen and oxygen atoms in total. The van der Waals surface area contributed by atoms with Gasteiger partial charge >= 0.3 is 5.97 Å². The van der Waals surface area contributed by atoms with E-state index in [1.54, 1.807) is 0 Å². The Morgan fingerprint density at radius 3 is 2.52 bits per heavy atom. The van der Waals surface area contributed by atoms with E-state index >= 15 is 0 Å². The summed E-state index contributed by atoms with van der Waals surface area (Å²) in [5, 5.41) is 14.9. The number of carboxylic acid groups (broad SMARTS) is 1. The summed E-state index contributed by atoms with van der Waals surface area (Å²) in [5.74, 6) is -1.09. The molecule has 0 aromatic heterocycles. The lowest BCUT2D eigenvalue weighted by Gasteiger charge is -2.38. The van der Waals surface area contributed by atoms with Crippen LogP contribution in [0.15, 0.2) is 30.3 Å². The van der Waals surface area contributed by atoms with E-state index in [0.717, 1.165) is 19.3 Å². The third kappa shape index (κ3) is 5.54. The Bertz CT molecular complexity index is 556. The SMILES string of the molecule is CCCC(NCC(=O)NCC1(c2ccccc2)CCOCC1)C(=O)O. The standard InChI is InChI=1S/C19H28N2O4/c1-2-6-16(18(23)24)20-13-17(22)21-14-19(9-11-25-12-10-19)15-7-4-3-5-8-15/h3-5,7-8,16,20H,2,6,9-14H2,1H3,(H,21,22)(H,23,24). The molecule has 1 aliphatic heterocycles. The maximum Gasteiger partial charge on any atom is 0.320 e. The molecular formula is C19H28N2O4. The average Bonchev–Trinajstić information content (AvgIpc) is 2.64. The highest BCUT2D eigenvalue weighted by atomic mass is 16.5. The Hall–Kier alpha value is -1.92. The van der Waals surface area contributed by atoms with E-state index in [-0.39, 0.29) is 17.9 Å². The van der Waals surface area contributed by atoms with Crippen LogP contribution in [-0.2, 0) is 19.7 Å². The first-order valence-corrected chi connectivity index (χ1v) is 8.93. The van der Waals surface area contributed by atoms with Crippen LogP contribution in [0.4, 0.5) is 0 Å². The molecule has 1 heterocycles. The van der Waals surface area contributed by atoms with Gasteiger partial charge in [-0.1, -0.05) is 43.7 Å². The molecule has 0 saturated carbocycles. The lowest BCUT2D eigenvalue weighted by molar-refractivity contribution is -0.139. The smallest absolute Gasteiger partial charge is 0.320 e. The first-order chi connectivity index (χ1) is 12.1. The van der Waals surface area contributed by atoms with E-state index < -0.39 is 12.0 Å². The van der Waals surface area contributed by atoms with Gasteiger partial charge in [0.15, 0.2) is 0 Å². The predicted molar refractivity (Wildman–Crippen MR) is 95.5 cm³/mol. The zero-order valence-corrected chi connectivity index (χ0v) is 14.8. The number of carboxylic acids is 1. The molecule has 3 N–H and O–H groups in total. The highest BCUT2D eigenvalue weighted by Gasteiger charge is 2.34. The third-order valence-electron chi connectivity index (χ3n) is 4.84. The summed E-state index contributed by atoms with van der Waals surface area (Å²) in [4.78, 5) is 23.3. The molecule has 1 saturated heterocycles. The number of hydrogen-bond donors (Lipinski definition) is 3. The van der Waals surface area contributed by atoms with Crippen LogP contribution >= 0.6 is 0 Å². The molecule has 138 valence electrons. The van der Waals surface area contributed by atoms with Crippen molar-refractivity contribution in [2.75, 3.05) is 26.3 Å². The fraction of sp³-hybridized carbons (Fsp3) is 0.579. The minimum atomic E-state index is -0.917. The van der Waals surface area contributed by atoms with Crippen LogP contribution in [0.5, 0.6) is 0 Å². The van der Waals surface area contributed by atoms with Crippen LogP contribution in [0.3, 0.4) is 0 Å². The van der Waals surface area contributed by atoms with Gasteiger partial charge in [0.25, 0.3) is 0 Å². The van der Waals surface area contributed by atoms with Gasteiger partial charge in [0.05, 0.1) is 6.54 Å². The van der Waals surface area contributed by atoms with Gasteiger partial charge in [0.1, 0.15) is 6.04 Å². The molecule has 0 bridgehead atoms. The number of aliphatic carboxylic acids is 1. The zero-order chi connectivity index (χ0) is 18.1. The number of amides is 1. The second-order valence-corrected chi connectivity index (χ2v) is 6.60. The molecule has 1 fully saturated rings. The molecule has 1 aromatic rings. The van der Waals surface area contributed by atoms with Crippen molar-refractivity contribution in [1.82, 2.24) is 10.6 Å². The zero-order valence-electron chi connectivity index (χ0n) is 14.8. The number of hydrogen-bond acceptors (Lipinski definition) is 4. The van der Waals surface area contributed by atoms with Crippen LogP contribution < -0.4 is 10.6 Å². The van der Waals surface area contributed by atoms with Crippen LogP contribution in [0.2, 0.25) is 0 Å². The van der Waals surface area contributed by atoms with Gasteiger partial charge in [-0.2, -0.15) is 0 Å². The van der Waals surface area contributed by atoms with Crippen molar-refractivity contribution < 1.29 is 19.4 Å². The molecule has 0 radical (unpaired) electrons. The Morgan fingerprint density at radius 1 is 1.24 bits per heavy atom. The van der Waals surface area contributed by atoms with E-state index in [1.807, 2.05) is 25.1 Å². The summed E-state index contributed by atoms with van der Waals surface area (Å²) in [6.07, 6.45) is 2.98. The number of ether oxygens (including phenoxy) is 1. The topological polar surface area (TPSA) is 87.7 Å². The van der Waals surface area contributed by atoms with Crippen molar-refractivity contribution in [3.05, 3.63) is 35.9 Å². The van der Waals surface area contributed by atoms with Gasteiger partial charge in [-0.3, -0.25) is 14.9 Å². The van der Waals surface area contributed by atoms with E-state index in [9.17, 15) is 9.59 Å². The van der Waals surface area contributed by atoms with Crippen LogP contribution in [0.1, 0.15) is 38.2 Å².